The van der Waals surface area contributed by atoms with Crippen molar-refractivity contribution in [1.29, 1.82) is 0 Å². The minimum atomic E-state index is -0.142. The maximum absolute atomic E-state index is 12.0. The summed E-state index contributed by atoms with van der Waals surface area (Å²) in [5.41, 5.74) is 2.74. The van der Waals surface area contributed by atoms with Gasteiger partial charge in [-0.3, -0.25) is 19.2 Å². The highest BCUT2D eigenvalue weighted by Gasteiger charge is 2.05. The van der Waals surface area contributed by atoms with Crippen LogP contribution >= 0.6 is 0 Å². The molecule has 2 aromatic carbocycles. The Bertz CT molecular complexity index is 847. The SMILES string of the molecule is CC(=O)Nc1ccc(NC(=O)CCCCCCC(=O)Nc2ccc(NC(C)=O)cc2)cc1. The molecule has 4 N–H and O–H groups in total. The monoisotopic (exact) mass is 438 g/mol. The van der Waals surface area contributed by atoms with E-state index in [-0.39, 0.29) is 23.6 Å². The van der Waals surface area contributed by atoms with Gasteiger partial charge in [0.25, 0.3) is 0 Å². The molecular weight excluding hydrogens is 408 g/mol. The van der Waals surface area contributed by atoms with Gasteiger partial charge in [-0.25, -0.2) is 0 Å². The van der Waals surface area contributed by atoms with Gasteiger partial charge in [0.15, 0.2) is 0 Å². The van der Waals surface area contributed by atoms with E-state index in [0.29, 0.717) is 35.6 Å². The Hall–Kier alpha value is -3.68. The lowest BCUT2D eigenvalue weighted by atomic mass is 10.1. The van der Waals surface area contributed by atoms with E-state index < -0.39 is 0 Å². The number of amides is 4. The fourth-order valence-corrected chi connectivity index (χ4v) is 3.05. The zero-order chi connectivity index (χ0) is 23.3. The molecule has 0 aliphatic carbocycles. The average molecular weight is 439 g/mol. The van der Waals surface area contributed by atoms with Crippen molar-refractivity contribution in [2.24, 2.45) is 0 Å². The van der Waals surface area contributed by atoms with Crippen LogP contribution < -0.4 is 21.3 Å². The summed E-state index contributed by atoms with van der Waals surface area (Å²) in [5.74, 6) is -0.399. The molecule has 0 heterocycles. The van der Waals surface area contributed by atoms with Crippen LogP contribution in [-0.2, 0) is 19.2 Å². The van der Waals surface area contributed by atoms with Crippen molar-refractivity contribution in [1.82, 2.24) is 0 Å². The van der Waals surface area contributed by atoms with E-state index in [9.17, 15) is 19.2 Å². The summed E-state index contributed by atoms with van der Waals surface area (Å²) >= 11 is 0. The van der Waals surface area contributed by atoms with E-state index in [4.69, 9.17) is 0 Å². The van der Waals surface area contributed by atoms with Crippen LogP contribution in [0.25, 0.3) is 0 Å². The first kappa shape index (κ1) is 24.6. The van der Waals surface area contributed by atoms with Gasteiger partial charge < -0.3 is 21.3 Å². The second-order valence-corrected chi connectivity index (χ2v) is 7.53. The number of rotatable bonds is 11. The maximum atomic E-state index is 12.0. The summed E-state index contributed by atoms with van der Waals surface area (Å²) in [6, 6.07) is 13.9. The standard InChI is InChI=1S/C24H30N4O4/c1-17(29)25-19-9-13-21(14-10-19)27-23(31)7-5-3-4-6-8-24(32)28-22-15-11-20(12-16-22)26-18(2)30/h9-16H,3-8H2,1-2H3,(H,25,29)(H,26,30)(H,27,31)(H,28,32). The molecule has 170 valence electrons. The molecule has 2 rings (SSSR count). The minimum Gasteiger partial charge on any atom is -0.326 e. The van der Waals surface area contributed by atoms with Crippen LogP contribution in [0, 0.1) is 0 Å². The summed E-state index contributed by atoms with van der Waals surface area (Å²) in [7, 11) is 0. The van der Waals surface area contributed by atoms with Gasteiger partial charge in [0.05, 0.1) is 0 Å². The first-order valence-corrected chi connectivity index (χ1v) is 10.7. The number of hydrogen-bond donors (Lipinski definition) is 4. The van der Waals surface area contributed by atoms with Gasteiger partial charge in [-0.2, -0.15) is 0 Å². The molecule has 32 heavy (non-hydrogen) atoms. The Morgan fingerprint density at radius 1 is 0.500 bits per heavy atom. The fourth-order valence-electron chi connectivity index (χ4n) is 3.05. The van der Waals surface area contributed by atoms with Gasteiger partial charge in [-0.05, 0) is 61.4 Å². The van der Waals surface area contributed by atoms with Crippen molar-refractivity contribution in [3.05, 3.63) is 48.5 Å². The number of nitrogens with one attached hydrogen (secondary N) is 4. The van der Waals surface area contributed by atoms with Crippen molar-refractivity contribution in [3.63, 3.8) is 0 Å². The number of unbranched alkanes of at least 4 members (excludes halogenated alkanes) is 3. The van der Waals surface area contributed by atoms with E-state index in [1.54, 1.807) is 48.5 Å². The number of carbonyl (C=O) groups excluding carboxylic acids is 4. The summed E-state index contributed by atoms with van der Waals surface area (Å²) in [6.45, 7) is 2.88. The summed E-state index contributed by atoms with van der Waals surface area (Å²) in [6.07, 6.45) is 4.08. The van der Waals surface area contributed by atoms with Crippen LogP contribution in [0.3, 0.4) is 0 Å². The Balaban J connectivity index is 1.56. The van der Waals surface area contributed by atoms with Crippen molar-refractivity contribution >= 4 is 46.4 Å². The van der Waals surface area contributed by atoms with Crippen molar-refractivity contribution in [2.45, 2.75) is 52.4 Å². The van der Waals surface area contributed by atoms with Crippen LogP contribution in [0.4, 0.5) is 22.7 Å². The number of anilines is 4. The molecule has 8 nitrogen and oxygen atoms in total. The topological polar surface area (TPSA) is 116 Å². The first-order chi connectivity index (χ1) is 15.3. The molecule has 0 aliphatic rings. The van der Waals surface area contributed by atoms with Crippen LogP contribution in [0.5, 0.6) is 0 Å². The van der Waals surface area contributed by atoms with E-state index in [1.807, 2.05) is 0 Å². The predicted molar refractivity (Wildman–Crippen MR) is 126 cm³/mol. The second kappa shape index (κ2) is 12.9. The molecule has 0 aliphatic heterocycles. The summed E-state index contributed by atoms with van der Waals surface area (Å²) < 4.78 is 0. The van der Waals surface area contributed by atoms with E-state index >= 15 is 0 Å². The fraction of sp³-hybridized carbons (Fsp3) is 0.333. The molecule has 0 spiro atoms. The molecular formula is C24H30N4O4. The van der Waals surface area contributed by atoms with E-state index in [2.05, 4.69) is 21.3 Å². The second-order valence-electron chi connectivity index (χ2n) is 7.53. The normalized spacial score (nSPS) is 10.2. The Morgan fingerprint density at radius 2 is 0.781 bits per heavy atom. The van der Waals surface area contributed by atoms with Crippen molar-refractivity contribution in [2.75, 3.05) is 21.3 Å². The molecule has 4 amide bonds. The van der Waals surface area contributed by atoms with Crippen LogP contribution in [-0.4, -0.2) is 23.6 Å². The van der Waals surface area contributed by atoms with E-state index in [1.165, 1.54) is 13.8 Å². The third kappa shape index (κ3) is 9.88. The van der Waals surface area contributed by atoms with Gasteiger partial charge in [-0.1, -0.05) is 12.8 Å². The van der Waals surface area contributed by atoms with Crippen molar-refractivity contribution < 1.29 is 19.2 Å². The maximum Gasteiger partial charge on any atom is 0.224 e. The van der Waals surface area contributed by atoms with Gasteiger partial charge >= 0.3 is 0 Å². The molecule has 2 aromatic rings. The lowest BCUT2D eigenvalue weighted by molar-refractivity contribution is -0.117. The Morgan fingerprint density at radius 3 is 1.06 bits per heavy atom. The van der Waals surface area contributed by atoms with Gasteiger partial charge in [0, 0.05) is 49.4 Å². The van der Waals surface area contributed by atoms with Crippen LogP contribution in [0.15, 0.2) is 48.5 Å². The highest BCUT2D eigenvalue weighted by molar-refractivity contribution is 5.93. The van der Waals surface area contributed by atoms with Crippen LogP contribution in [0.2, 0.25) is 0 Å². The number of hydrogen-bond acceptors (Lipinski definition) is 4. The third-order valence-corrected chi connectivity index (χ3v) is 4.54. The molecule has 0 saturated heterocycles. The van der Waals surface area contributed by atoms with Gasteiger partial charge in [0.1, 0.15) is 0 Å². The molecule has 0 radical (unpaired) electrons. The molecule has 0 fully saturated rings. The smallest absolute Gasteiger partial charge is 0.224 e. The zero-order valence-electron chi connectivity index (χ0n) is 18.5. The lowest BCUT2D eigenvalue weighted by Gasteiger charge is -2.08. The Labute approximate surface area is 188 Å². The van der Waals surface area contributed by atoms with Crippen LogP contribution in [0.1, 0.15) is 52.4 Å². The largest absolute Gasteiger partial charge is 0.326 e. The highest BCUT2D eigenvalue weighted by Crippen LogP contribution is 2.16. The molecule has 0 atom stereocenters. The van der Waals surface area contributed by atoms with Crippen molar-refractivity contribution in [3.8, 4) is 0 Å². The average Bonchev–Trinajstić information content (AvgIpc) is 2.73. The quantitative estimate of drug-likeness (QED) is 0.386. The minimum absolute atomic E-state index is 0.0577. The molecule has 8 heteroatoms. The van der Waals surface area contributed by atoms with Gasteiger partial charge in [0.2, 0.25) is 23.6 Å². The highest BCUT2D eigenvalue weighted by atomic mass is 16.2. The number of benzene rings is 2. The molecule has 0 aromatic heterocycles. The summed E-state index contributed by atoms with van der Waals surface area (Å²) in [5, 5.41) is 11.0. The zero-order valence-corrected chi connectivity index (χ0v) is 18.5. The van der Waals surface area contributed by atoms with Gasteiger partial charge in [-0.15, -0.1) is 0 Å². The molecule has 0 saturated carbocycles. The molecule has 0 unspecified atom stereocenters. The first-order valence-electron chi connectivity index (χ1n) is 10.7. The predicted octanol–water partition coefficient (Wildman–Crippen LogP) is 4.52. The molecule has 0 bridgehead atoms. The summed E-state index contributed by atoms with van der Waals surface area (Å²) in [4.78, 5) is 46.1. The third-order valence-electron chi connectivity index (χ3n) is 4.54. The van der Waals surface area contributed by atoms with E-state index in [0.717, 1.165) is 25.7 Å². The lowest BCUT2D eigenvalue weighted by Crippen LogP contribution is -2.12. The Kier molecular flexibility index (Phi) is 9.90. The number of carbonyl (C=O) groups is 4.